The summed E-state index contributed by atoms with van der Waals surface area (Å²) in [6.45, 7) is 2.56. The number of methoxy groups -OCH3 is 2. The number of hydrogen-bond donors (Lipinski definition) is 4. The quantitative estimate of drug-likeness (QED) is 0.223. The van der Waals surface area contributed by atoms with Crippen molar-refractivity contribution >= 4 is 17.6 Å². The van der Waals surface area contributed by atoms with Gasteiger partial charge in [0, 0.05) is 39.9 Å². The van der Waals surface area contributed by atoms with E-state index in [1.54, 1.807) is 30.3 Å². The van der Waals surface area contributed by atoms with Crippen LogP contribution in [0, 0.1) is 5.41 Å². The fraction of sp³-hybridized carbons (Fsp3) is 0.636. The van der Waals surface area contributed by atoms with Gasteiger partial charge in [-0.15, -0.1) is 5.73 Å². The van der Waals surface area contributed by atoms with Crippen molar-refractivity contribution in [2.24, 2.45) is 5.73 Å². The number of hydrogen-bond acceptors (Lipinski definition) is 11. The highest BCUT2D eigenvalue weighted by Crippen LogP contribution is 2.36. The molecule has 3 heterocycles. The molecule has 1 saturated heterocycles. The number of rotatable bonds is 13. The molecule has 0 radical (unpaired) electrons. The Morgan fingerprint density at radius 2 is 2.11 bits per heavy atom. The summed E-state index contributed by atoms with van der Waals surface area (Å²) in [6, 6.07) is 0. The van der Waals surface area contributed by atoms with Crippen molar-refractivity contribution in [2.45, 2.75) is 31.0 Å². The molecule has 1 aromatic rings. The maximum absolute atomic E-state index is 12.6. The molecule has 3 rings (SSSR count). The number of nitrogens with one attached hydrogen (secondary N) is 3. The number of nitrogens with zero attached hydrogens (tertiary/aromatic N) is 2. The Kier molecular flexibility index (Phi) is 10.7. The summed E-state index contributed by atoms with van der Waals surface area (Å²) in [7, 11) is 3.08. The van der Waals surface area contributed by atoms with Crippen molar-refractivity contribution in [1.29, 1.82) is 5.41 Å². The number of fused-ring (bicyclic) bond motifs is 1. The summed E-state index contributed by atoms with van der Waals surface area (Å²) in [6.07, 6.45) is 2.00. The molecular formula is C22H34N6O7. The van der Waals surface area contributed by atoms with Gasteiger partial charge in [-0.1, -0.05) is 0 Å². The van der Waals surface area contributed by atoms with Gasteiger partial charge in [0.1, 0.15) is 23.7 Å². The third kappa shape index (κ3) is 7.12. The molecule has 1 fully saturated rings. The van der Waals surface area contributed by atoms with Crippen molar-refractivity contribution in [2.75, 3.05) is 65.7 Å². The first-order valence-electron chi connectivity index (χ1n) is 11.4. The van der Waals surface area contributed by atoms with E-state index in [0.717, 1.165) is 0 Å². The third-order valence-corrected chi connectivity index (χ3v) is 5.35. The molecular weight excluding hydrogens is 460 g/mol. The second-order valence-corrected chi connectivity index (χ2v) is 7.72. The molecule has 0 saturated carbocycles. The van der Waals surface area contributed by atoms with Gasteiger partial charge in [-0.05, 0) is 6.08 Å². The Morgan fingerprint density at radius 3 is 2.86 bits per heavy atom. The van der Waals surface area contributed by atoms with Crippen molar-refractivity contribution < 1.29 is 33.2 Å². The lowest BCUT2D eigenvalue weighted by Crippen LogP contribution is -2.41. The third-order valence-electron chi connectivity index (χ3n) is 5.35. The highest BCUT2D eigenvalue weighted by molar-refractivity contribution is 6.01. The largest absolute Gasteiger partial charge is 0.438 e. The van der Waals surface area contributed by atoms with Crippen molar-refractivity contribution in [1.82, 2.24) is 14.9 Å². The predicted octanol–water partition coefficient (Wildman–Crippen LogP) is 0.381. The number of nitrogens with two attached hydrogens (primary N) is 1. The molecule has 0 bridgehead atoms. The van der Waals surface area contributed by atoms with Crippen molar-refractivity contribution in [3.05, 3.63) is 30.0 Å². The Labute approximate surface area is 204 Å². The van der Waals surface area contributed by atoms with Gasteiger partial charge in [0.2, 0.25) is 0 Å². The molecule has 35 heavy (non-hydrogen) atoms. The number of carbonyl (C=O) groups is 1. The second kappa shape index (κ2) is 14.0. The van der Waals surface area contributed by atoms with Crippen LogP contribution < -0.4 is 16.4 Å². The molecule has 1 aromatic heterocycles. The van der Waals surface area contributed by atoms with Crippen LogP contribution in [0.15, 0.2) is 24.3 Å². The molecule has 0 aromatic carbocycles. The first-order chi connectivity index (χ1) is 17.1. The van der Waals surface area contributed by atoms with Crippen LogP contribution in [0.25, 0.3) is 0 Å². The van der Waals surface area contributed by atoms with Crippen LogP contribution in [0.1, 0.15) is 18.3 Å². The molecule has 0 spiro atoms. The lowest BCUT2D eigenvalue weighted by Gasteiger charge is -2.24. The number of imidazole rings is 1. The van der Waals surface area contributed by atoms with E-state index in [0.29, 0.717) is 56.6 Å². The zero-order valence-corrected chi connectivity index (χ0v) is 20.0. The van der Waals surface area contributed by atoms with E-state index in [4.69, 9.17) is 39.6 Å². The van der Waals surface area contributed by atoms with Gasteiger partial charge in [0.15, 0.2) is 12.3 Å². The van der Waals surface area contributed by atoms with E-state index >= 15 is 0 Å². The minimum absolute atomic E-state index is 0.235. The van der Waals surface area contributed by atoms with Crippen LogP contribution in [0.2, 0.25) is 0 Å². The van der Waals surface area contributed by atoms with Gasteiger partial charge >= 0.3 is 6.09 Å². The molecule has 4 atom stereocenters. The van der Waals surface area contributed by atoms with Gasteiger partial charge in [-0.2, -0.15) is 0 Å². The number of ether oxygens (including phenoxy) is 6. The highest BCUT2D eigenvalue weighted by atomic mass is 16.6. The molecule has 2 aliphatic heterocycles. The summed E-state index contributed by atoms with van der Waals surface area (Å²) in [5.41, 5.74) is 9.11. The zero-order valence-electron chi connectivity index (χ0n) is 20.0. The van der Waals surface area contributed by atoms with Crippen LogP contribution in [0.3, 0.4) is 0 Å². The molecule has 5 N–H and O–H groups in total. The van der Waals surface area contributed by atoms with Gasteiger partial charge in [0.25, 0.3) is 0 Å². The normalized spacial score (nSPS) is 23.5. The van der Waals surface area contributed by atoms with Gasteiger partial charge < -0.3 is 50.2 Å². The van der Waals surface area contributed by atoms with Gasteiger partial charge in [-0.25, -0.2) is 9.78 Å². The molecule has 1 amide bonds. The second-order valence-electron chi connectivity index (χ2n) is 7.72. The first kappa shape index (κ1) is 26.8. The van der Waals surface area contributed by atoms with E-state index in [1.807, 2.05) is 0 Å². The van der Waals surface area contributed by atoms with Crippen LogP contribution >= 0.6 is 0 Å². The lowest BCUT2D eigenvalue weighted by molar-refractivity contribution is -0.0622. The van der Waals surface area contributed by atoms with Crippen LogP contribution in [-0.4, -0.2) is 100 Å². The summed E-state index contributed by atoms with van der Waals surface area (Å²) >= 11 is 0. The number of alkyl carbamates (subject to hydrolysis) is 1. The summed E-state index contributed by atoms with van der Waals surface area (Å²) in [5.74, 6) is 0.535. The SMILES string of the molecule is COCC1OC(n2cnc3c2NC=C=CCC3=N)C(OC(=O)NCCOCCOCCN)C1OC. The topological polar surface area (TPSA) is 164 Å². The Balaban J connectivity index is 1.67. The highest BCUT2D eigenvalue weighted by Gasteiger charge is 2.49. The maximum Gasteiger partial charge on any atom is 0.407 e. The smallest absolute Gasteiger partial charge is 0.407 e. The Morgan fingerprint density at radius 1 is 1.31 bits per heavy atom. The summed E-state index contributed by atoms with van der Waals surface area (Å²) < 4.78 is 35.2. The molecule has 4 unspecified atom stereocenters. The van der Waals surface area contributed by atoms with Crippen LogP contribution in [-0.2, 0) is 28.4 Å². The number of amides is 1. The molecule has 13 nitrogen and oxygen atoms in total. The first-order valence-corrected chi connectivity index (χ1v) is 11.4. The number of anilines is 1. The van der Waals surface area contributed by atoms with Crippen molar-refractivity contribution in [3.8, 4) is 0 Å². The average molecular weight is 495 g/mol. The van der Waals surface area contributed by atoms with E-state index in [1.165, 1.54) is 7.11 Å². The maximum atomic E-state index is 12.6. The van der Waals surface area contributed by atoms with Crippen LogP contribution in [0.4, 0.5) is 10.6 Å². The monoisotopic (exact) mass is 494 g/mol. The summed E-state index contributed by atoms with van der Waals surface area (Å²) in [5, 5.41) is 14.1. The van der Waals surface area contributed by atoms with E-state index in [2.05, 4.69) is 21.3 Å². The fourth-order valence-electron chi connectivity index (χ4n) is 3.78. The Bertz CT molecular complexity index is 901. The van der Waals surface area contributed by atoms with E-state index in [-0.39, 0.29) is 13.2 Å². The lowest BCUT2D eigenvalue weighted by atomic mass is 10.1. The van der Waals surface area contributed by atoms with Gasteiger partial charge in [0.05, 0.1) is 45.1 Å². The fourth-order valence-corrected chi connectivity index (χ4v) is 3.78. The number of aromatic nitrogens is 2. The van der Waals surface area contributed by atoms with E-state index < -0.39 is 30.6 Å². The number of carbonyl (C=O) groups excluding carboxylic acids is 1. The molecule has 0 aliphatic carbocycles. The van der Waals surface area contributed by atoms with Crippen molar-refractivity contribution in [3.63, 3.8) is 0 Å². The average Bonchev–Trinajstić information content (AvgIpc) is 3.39. The van der Waals surface area contributed by atoms with Gasteiger partial charge in [-0.3, -0.25) is 4.57 Å². The number of allylic oxidation sites excluding steroid dienone is 1. The minimum atomic E-state index is -0.815. The minimum Gasteiger partial charge on any atom is -0.438 e. The van der Waals surface area contributed by atoms with E-state index in [9.17, 15) is 4.79 Å². The molecule has 13 heteroatoms. The standard InChI is InChI=1S/C22H34N6O7/c1-30-13-16-18(31-2)19(35-22(29)26-8-10-33-12-11-32-9-6-23)21(34-16)28-14-27-17-15(24)5-3-4-7-25-20(17)28/h3,7,14,16,18-19,21,24-25H,5-6,8-13,23H2,1-2H3,(H,26,29). The van der Waals surface area contributed by atoms with Crippen LogP contribution in [0.5, 0.6) is 0 Å². The predicted molar refractivity (Wildman–Crippen MR) is 125 cm³/mol. The zero-order chi connectivity index (χ0) is 25.0. The summed E-state index contributed by atoms with van der Waals surface area (Å²) in [4.78, 5) is 17.0. The molecule has 194 valence electrons. The molecule has 2 aliphatic rings. The Hall–Kier alpha value is -2.77.